The van der Waals surface area contributed by atoms with Gasteiger partial charge in [-0.15, -0.1) is 0 Å². The zero-order valence-corrected chi connectivity index (χ0v) is 8.69. The second-order valence-electron chi connectivity index (χ2n) is 2.72. The Morgan fingerprint density at radius 3 is 2.79 bits per heavy atom. The predicted molar refractivity (Wildman–Crippen MR) is 55.1 cm³/mol. The number of likely N-dealkylation sites (N-methyl/N-ethyl adjacent to an activating group) is 1. The number of hydrogen-bond donors (Lipinski definition) is 2. The largest absolute Gasteiger partial charge is 0.351 e. The van der Waals surface area contributed by atoms with Gasteiger partial charge in [0, 0.05) is 13.6 Å². The van der Waals surface area contributed by atoms with E-state index in [2.05, 4.69) is 10.6 Å². The summed E-state index contributed by atoms with van der Waals surface area (Å²) >= 11 is 1.62. The van der Waals surface area contributed by atoms with E-state index >= 15 is 0 Å². The molecule has 2 amide bonds. The number of nitrogens with one attached hydrogen (secondary N) is 2. The van der Waals surface area contributed by atoms with Crippen molar-refractivity contribution in [3.05, 3.63) is 22.4 Å². The molecule has 1 rings (SSSR count). The van der Waals surface area contributed by atoms with Gasteiger partial charge in [0.2, 0.25) is 0 Å². The number of amides is 2. The quantitative estimate of drug-likeness (QED) is 0.701. The molecule has 76 valence electrons. The molecule has 5 heteroatoms. The minimum absolute atomic E-state index is 0.489. The highest BCUT2D eigenvalue weighted by Gasteiger charge is 2.09. The summed E-state index contributed by atoms with van der Waals surface area (Å²) in [6, 6.07) is 2.00. The fourth-order valence-electron chi connectivity index (χ4n) is 0.949. The monoisotopic (exact) mass is 212 g/mol. The van der Waals surface area contributed by atoms with Crippen molar-refractivity contribution in [2.24, 2.45) is 0 Å². The zero-order valence-electron chi connectivity index (χ0n) is 7.87. The lowest BCUT2D eigenvalue weighted by Crippen LogP contribution is -2.38. The highest BCUT2D eigenvalue weighted by atomic mass is 32.1. The van der Waals surface area contributed by atoms with Crippen LogP contribution in [-0.2, 0) is 16.0 Å². The van der Waals surface area contributed by atoms with Gasteiger partial charge in [-0.2, -0.15) is 11.3 Å². The van der Waals surface area contributed by atoms with Gasteiger partial charge in [-0.3, -0.25) is 9.59 Å². The molecule has 1 heterocycles. The molecule has 0 atom stereocenters. The number of hydrogen-bond acceptors (Lipinski definition) is 3. The van der Waals surface area contributed by atoms with E-state index in [1.165, 1.54) is 12.6 Å². The van der Waals surface area contributed by atoms with Crippen LogP contribution >= 0.6 is 11.3 Å². The van der Waals surface area contributed by atoms with Gasteiger partial charge in [-0.1, -0.05) is 0 Å². The van der Waals surface area contributed by atoms with Gasteiger partial charge in [-0.25, -0.2) is 0 Å². The highest BCUT2D eigenvalue weighted by molar-refractivity contribution is 7.07. The Hall–Kier alpha value is -1.36. The lowest BCUT2D eigenvalue weighted by Gasteiger charge is -2.02. The van der Waals surface area contributed by atoms with Crippen molar-refractivity contribution in [3.63, 3.8) is 0 Å². The van der Waals surface area contributed by atoms with E-state index < -0.39 is 11.8 Å². The molecule has 14 heavy (non-hydrogen) atoms. The first-order valence-electron chi connectivity index (χ1n) is 4.25. The lowest BCUT2D eigenvalue weighted by molar-refractivity contribution is -0.138. The molecular formula is C9H12N2O2S. The van der Waals surface area contributed by atoms with E-state index in [-0.39, 0.29) is 0 Å². The molecule has 1 aromatic rings. The van der Waals surface area contributed by atoms with E-state index in [0.717, 1.165) is 6.42 Å². The number of thiophene rings is 1. The number of carbonyl (C=O) groups excluding carboxylic acids is 2. The van der Waals surface area contributed by atoms with Crippen LogP contribution in [0.25, 0.3) is 0 Å². The number of carbonyl (C=O) groups is 2. The van der Waals surface area contributed by atoms with E-state index in [1.807, 2.05) is 16.8 Å². The zero-order chi connectivity index (χ0) is 10.4. The minimum atomic E-state index is -0.602. The van der Waals surface area contributed by atoms with Gasteiger partial charge >= 0.3 is 11.8 Å². The van der Waals surface area contributed by atoms with Gasteiger partial charge in [0.1, 0.15) is 0 Å². The summed E-state index contributed by atoms with van der Waals surface area (Å²) in [4.78, 5) is 21.8. The Bertz CT molecular complexity index is 309. The van der Waals surface area contributed by atoms with Crippen LogP contribution in [0.3, 0.4) is 0 Å². The van der Waals surface area contributed by atoms with Crippen molar-refractivity contribution in [2.45, 2.75) is 6.42 Å². The first-order valence-corrected chi connectivity index (χ1v) is 5.19. The summed E-state index contributed by atoms with van der Waals surface area (Å²) in [6.45, 7) is 0.489. The van der Waals surface area contributed by atoms with Gasteiger partial charge < -0.3 is 10.6 Å². The molecule has 0 saturated heterocycles. The Labute approximate surface area is 86.3 Å². The summed E-state index contributed by atoms with van der Waals surface area (Å²) in [7, 11) is 1.43. The maximum atomic E-state index is 11.0. The predicted octanol–water partition coefficient (Wildman–Crippen LogP) is 0.153. The maximum Gasteiger partial charge on any atom is 0.309 e. The van der Waals surface area contributed by atoms with Crippen molar-refractivity contribution in [1.29, 1.82) is 0 Å². The fourth-order valence-corrected chi connectivity index (χ4v) is 1.65. The third-order valence-corrected chi connectivity index (χ3v) is 2.44. The molecule has 1 aromatic heterocycles. The van der Waals surface area contributed by atoms with E-state index in [0.29, 0.717) is 6.54 Å². The molecule has 0 aliphatic heterocycles. The molecule has 0 aliphatic carbocycles. The average Bonchev–Trinajstić information content (AvgIpc) is 2.69. The topological polar surface area (TPSA) is 58.2 Å². The Kier molecular flexibility index (Phi) is 4.12. The Morgan fingerprint density at radius 1 is 1.43 bits per heavy atom. The smallest absolute Gasteiger partial charge is 0.309 e. The summed E-state index contributed by atoms with van der Waals surface area (Å²) in [5, 5.41) is 8.79. The van der Waals surface area contributed by atoms with Crippen LogP contribution in [0.5, 0.6) is 0 Å². The summed E-state index contributed by atoms with van der Waals surface area (Å²) in [5.41, 5.74) is 1.17. The third-order valence-electron chi connectivity index (χ3n) is 1.71. The highest BCUT2D eigenvalue weighted by Crippen LogP contribution is 2.05. The molecule has 4 nitrogen and oxygen atoms in total. The second kappa shape index (κ2) is 5.39. The minimum Gasteiger partial charge on any atom is -0.351 e. The molecule has 0 spiro atoms. The molecule has 0 aliphatic rings. The molecule has 2 N–H and O–H groups in total. The number of rotatable bonds is 3. The molecule has 0 fully saturated rings. The van der Waals surface area contributed by atoms with Crippen LogP contribution in [0.1, 0.15) is 5.56 Å². The molecule has 0 aromatic carbocycles. The standard InChI is InChI=1S/C9H12N2O2S/c1-10-8(12)9(13)11-4-2-7-3-5-14-6-7/h3,5-6H,2,4H2,1H3,(H,10,12)(H,11,13). The van der Waals surface area contributed by atoms with E-state index in [4.69, 9.17) is 0 Å². The van der Waals surface area contributed by atoms with Crippen LogP contribution in [0, 0.1) is 0 Å². The van der Waals surface area contributed by atoms with Gasteiger partial charge in [0.15, 0.2) is 0 Å². The van der Waals surface area contributed by atoms with E-state index in [1.54, 1.807) is 11.3 Å². The first-order chi connectivity index (χ1) is 6.74. The van der Waals surface area contributed by atoms with Gasteiger partial charge in [0.25, 0.3) is 0 Å². The van der Waals surface area contributed by atoms with Gasteiger partial charge in [0.05, 0.1) is 0 Å². The lowest BCUT2D eigenvalue weighted by atomic mass is 10.2. The van der Waals surface area contributed by atoms with Crippen molar-refractivity contribution >= 4 is 23.2 Å². The normalized spacial score (nSPS) is 9.50. The molecule has 0 saturated carbocycles. The summed E-state index contributed by atoms with van der Waals surface area (Å²) in [6.07, 6.45) is 0.756. The first kappa shape index (κ1) is 10.7. The fraction of sp³-hybridized carbons (Fsp3) is 0.333. The van der Waals surface area contributed by atoms with Crippen molar-refractivity contribution in [3.8, 4) is 0 Å². The van der Waals surface area contributed by atoms with Crippen LogP contribution in [0.15, 0.2) is 16.8 Å². The SMILES string of the molecule is CNC(=O)C(=O)NCCc1ccsc1. The van der Waals surface area contributed by atoms with Crippen molar-refractivity contribution in [1.82, 2.24) is 10.6 Å². The third kappa shape index (κ3) is 3.18. The summed E-state index contributed by atoms with van der Waals surface area (Å²) in [5.74, 6) is -1.18. The summed E-state index contributed by atoms with van der Waals surface area (Å²) < 4.78 is 0. The second-order valence-corrected chi connectivity index (χ2v) is 3.50. The van der Waals surface area contributed by atoms with Crippen molar-refractivity contribution < 1.29 is 9.59 Å². The van der Waals surface area contributed by atoms with Crippen LogP contribution in [0.2, 0.25) is 0 Å². The average molecular weight is 212 g/mol. The maximum absolute atomic E-state index is 11.0. The molecule has 0 unspecified atom stereocenters. The van der Waals surface area contributed by atoms with Crippen LogP contribution in [0.4, 0.5) is 0 Å². The van der Waals surface area contributed by atoms with Crippen LogP contribution < -0.4 is 10.6 Å². The van der Waals surface area contributed by atoms with Crippen LogP contribution in [-0.4, -0.2) is 25.4 Å². The molecule has 0 bridgehead atoms. The Balaban J connectivity index is 2.22. The van der Waals surface area contributed by atoms with Crippen molar-refractivity contribution in [2.75, 3.05) is 13.6 Å². The van der Waals surface area contributed by atoms with Gasteiger partial charge in [-0.05, 0) is 28.8 Å². The van der Waals surface area contributed by atoms with E-state index in [9.17, 15) is 9.59 Å². The molecular weight excluding hydrogens is 200 g/mol. The Morgan fingerprint density at radius 2 is 2.21 bits per heavy atom. The molecule has 0 radical (unpaired) electrons.